The average molecular weight is 193 g/mol. The van der Waals surface area contributed by atoms with Gasteiger partial charge >= 0.3 is 0 Å². The normalized spacial score (nSPS) is 10.7. The van der Waals surface area contributed by atoms with E-state index in [1.54, 1.807) is 0 Å². The molecule has 0 unspecified atom stereocenters. The second kappa shape index (κ2) is 4.42. The number of nitrogens with zero attached hydrogens (tertiary/aromatic N) is 2. The predicted octanol–water partition coefficient (Wildman–Crippen LogP) is 1.69. The first-order valence-corrected chi connectivity index (χ1v) is 4.95. The van der Waals surface area contributed by atoms with Gasteiger partial charge in [-0.3, -0.25) is 0 Å². The van der Waals surface area contributed by atoms with Crippen LogP contribution in [0, 0.1) is 6.92 Å². The summed E-state index contributed by atoms with van der Waals surface area (Å²) in [5.41, 5.74) is 7.81. The molecule has 0 saturated heterocycles. The number of hydrogen-bond acceptors (Lipinski definition) is 3. The van der Waals surface area contributed by atoms with Gasteiger partial charge in [0.15, 0.2) is 0 Å². The largest absolute Gasteiger partial charge is 0.357 e. The van der Waals surface area contributed by atoms with Crippen molar-refractivity contribution in [1.29, 1.82) is 0 Å². The Morgan fingerprint density at radius 2 is 2.07 bits per heavy atom. The van der Waals surface area contributed by atoms with Crippen molar-refractivity contribution in [3.63, 3.8) is 0 Å². The summed E-state index contributed by atoms with van der Waals surface area (Å²) in [5.74, 6) is 1.00. The van der Waals surface area contributed by atoms with E-state index in [4.69, 9.17) is 5.73 Å². The van der Waals surface area contributed by atoms with Crippen LogP contribution in [0.5, 0.6) is 0 Å². The highest BCUT2D eigenvalue weighted by molar-refractivity contribution is 5.47. The Kier molecular flexibility index (Phi) is 3.47. The molecule has 0 spiro atoms. The summed E-state index contributed by atoms with van der Waals surface area (Å²) in [6.07, 6.45) is 0. The van der Waals surface area contributed by atoms with Crippen molar-refractivity contribution in [2.75, 3.05) is 11.9 Å². The Hall–Kier alpha value is -1.09. The van der Waals surface area contributed by atoms with E-state index in [9.17, 15) is 0 Å². The molecule has 0 aromatic carbocycles. The van der Waals surface area contributed by atoms with Crippen molar-refractivity contribution in [2.24, 2.45) is 5.73 Å². The van der Waals surface area contributed by atoms with Crippen LogP contribution in [0.25, 0.3) is 0 Å². The SMILES string of the molecule is Cc1ccc(CN)c(N(C)C(C)C)n1. The zero-order chi connectivity index (χ0) is 10.7. The van der Waals surface area contributed by atoms with E-state index in [1.165, 1.54) is 0 Å². The molecular formula is C11H19N3. The second-order valence-electron chi connectivity index (χ2n) is 3.84. The molecule has 78 valence electrons. The van der Waals surface area contributed by atoms with Crippen LogP contribution in [0.4, 0.5) is 5.82 Å². The van der Waals surface area contributed by atoms with Gasteiger partial charge in [0.25, 0.3) is 0 Å². The van der Waals surface area contributed by atoms with Crippen molar-refractivity contribution in [2.45, 2.75) is 33.4 Å². The summed E-state index contributed by atoms with van der Waals surface area (Å²) >= 11 is 0. The lowest BCUT2D eigenvalue weighted by Crippen LogP contribution is -2.28. The van der Waals surface area contributed by atoms with Gasteiger partial charge in [0, 0.05) is 30.9 Å². The summed E-state index contributed by atoms with van der Waals surface area (Å²) < 4.78 is 0. The summed E-state index contributed by atoms with van der Waals surface area (Å²) in [6.45, 7) is 6.83. The number of aromatic nitrogens is 1. The topological polar surface area (TPSA) is 42.1 Å². The number of hydrogen-bond donors (Lipinski definition) is 1. The third-order valence-corrected chi connectivity index (χ3v) is 2.42. The van der Waals surface area contributed by atoms with Crippen LogP contribution in [0.2, 0.25) is 0 Å². The van der Waals surface area contributed by atoms with Crippen LogP contribution in [-0.4, -0.2) is 18.1 Å². The molecule has 1 aromatic heterocycles. The fourth-order valence-corrected chi connectivity index (χ4v) is 1.28. The molecule has 1 rings (SSSR count). The minimum atomic E-state index is 0.439. The molecule has 1 aromatic rings. The lowest BCUT2D eigenvalue weighted by molar-refractivity contribution is 0.735. The van der Waals surface area contributed by atoms with Gasteiger partial charge in [0.2, 0.25) is 0 Å². The van der Waals surface area contributed by atoms with E-state index >= 15 is 0 Å². The Morgan fingerprint density at radius 3 is 2.57 bits per heavy atom. The van der Waals surface area contributed by atoms with Crippen LogP contribution < -0.4 is 10.6 Å². The maximum atomic E-state index is 5.67. The first-order valence-electron chi connectivity index (χ1n) is 4.95. The van der Waals surface area contributed by atoms with Gasteiger partial charge in [-0.15, -0.1) is 0 Å². The molecule has 1 heterocycles. The van der Waals surface area contributed by atoms with Crippen LogP contribution in [-0.2, 0) is 6.54 Å². The van der Waals surface area contributed by atoms with E-state index in [1.807, 2.05) is 20.0 Å². The van der Waals surface area contributed by atoms with Gasteiger partial charge in [0.05, 0.1) is 0 Å². The van der Waals surface area contributed by atoms with Crippen LogP contribution in [0.3, 0.4) is 0 Å². The third-order valence-electron chi connectivity index (χ3n) is 2.42. The summed E-state index contributed by atoms with van der Waals surface area (Å²) in [5, 5.41) is 0. The standard InChI is InChI=1S/C11H19N3/c1-8(2)14(4)11-10(7-12)6-5-9(3)13-11/h5-6,8H,7,12H2,1-4H3. The Morgan fingerprint density at radius 1 is 1.43 bits per heavy atom. The van der Waals surface area contributed by atoms with Gasteiger partial charge in [-0.05, 0) is 26.8 Å². The molecule has 2 N–H and O–H groups in total. The van der Waals surface area contributed by atoms with Gasteiger partial charge in [-0.25, -0.2) is 4.98 Å². The number of rotatable bonds is 3. The zero-order valence-corrected chi connectivity index (χ0v) is 9.41. The predicted molar refractivity (Wildman–Crippen MR) is 60.4 cm³/mol. The molecular weight excluding hydrogens is 174 g/mol. The van der Waals surface area contributed by atoms with E-state index in [2.05, 4.69) is 29.8 Å². The van der Waals surface area contributed by atoms with Crippen LogP contribution in [0.1, 0.15) is 25.1 Å². The van der Waals surface area contributed by atoms with E-state index in [-0.39, 0.29) is 0 Å². The Balaban J connectivity index is 3.10. The number of anilines is 1. The molecule has 0 radical (unpaired) electrons. The molecule has 3 nitrogen and oxygen atoms in total. The highest BCUT2D eigenvalue weighted by Crippen LogP contribution is 2.18. The van der Waals surface area contributed by atoms with E-state index < -0.39 is 0 Å². The summed E-state index contributed by atoms with van der Waals surface area (Å²) in [4.78, 5) is 6.66. The second-order valence-corrected chi connectivity index (χ2v) is 3.84. The quantitative estimate of drug-likeness (QED) is 0.794. The van der Waals surface area contributed by atoms with Crippen molar-refractivity contribution in [1.82, 2.24) is 4.98 Å². The summed E-state index contributed by atoms with van der Waals surface area (Å²) in [6, 6.07) is 4.49. The molecule has 14 heavy (non-hydrogen) atoms. The fourth-order valence-electron chi connectivity index (χ4n) is 1.28. The molecule has 0 atom stereocenters. The molecule has 0 saturated carbocycles. The first-order chi connectivity index (χ1) is 6.56. The molecule has 3 heteroatoms. The van der Waals surface area contributed by atoms with Gasteiger partial charge < -0.3 is 10.6 Å². The lowest BCUT2D eigenvalue weighted by Gasteiger charge is -2.25. The third kappa shape index (κ3) is 2.23. The molecule has 0 aliphatic heterocycles. The first kappa shape index (κ1) is 11.0. The highest BCUT2D eigenvalue weighted by atomic mass is 15.2. The fraction of sp³-hybridized carbons (Fsp3) is 0.545. The van der Waals surface area contributed by atoms with E-state index in [0.29, 0.717) is 12.6 Å². The minimum absolute atomic E-state index is 0.439. The van der Waals surface area contributed by atoms with Crippen molar-refractivity contribution in [3.05, 3.63) is 23.4 Å². The molecule has 0 amide bonds. The van der Waals surface area contributed by atoms with Gasteiger partial charge in [-0.1, -0.05) is 6.07 Å². The molecule has 0 aliphatic rings. The Bertz CT molecular complexity index is 307. The number of nitrogens with two attached hydrogens (primary N) is 1. The van der Waals surface area contributed by atoms with Crippen LogP contribution >= 0.6 is 0 Å². The maximum absolute atomic E-state index is 5.67. The van der Waals surface area contributed by atoms with Crippen molar-refractivity contribution < 1.29 is 0 Å². The van der Waals surface area contributed by atoms with E-state index in [0.717, 1.165) is 17.1 Å². The molecule has 0 bridgehead atoms. The van der Waals surface area contributed by atoms with Crippen molar-refractivity contribution in [3.8, 4) is 0 Å². The number of pyridine rings is 1. The smallest absolute Gasteiger partial charge is 0.133 e. The van der Waals surface area contributed by atoms with Gasteiger partial charge in [0.1, 0.15) is 5.82 Å². The minimum Gasteiger partial charge on any atom is -0.357 e. The molecule has 0 aliphatic carbocycles. The monoisotopic (exact) mass is 193 g/mol. The maximum Gasteiger partial charge on any atom is 0.133 e. The van der Waals surface area contributed by atoms with Gasteiger partial charge in [-0.2, -0.15) is 0 Å². The lowest BCUT2D eigenvalue weighted by atomic mass is 10.2. The average Bonchev–Trinajstić information content (AvgIpc) is 2.16. The zero-order valence-electron chi connectivity index (χ0n) is 9.41. The van der Waals surface area contributed by atoms with Crippen molar-refractivity contribution >= 4 is 5.82 Å². The summed E-state index contributed by atoms with van der Waals surface area (Å²) in [7, 11) is 2.05. The Labute approximate surface area is 85.9 Å². The highest BCUT2D eigenvalue weighted by Gasteiger charge is 2.10. The number of aryl methyl sites for hydroxylation is 1. The molecule has 0 fully saturated rings. The van der Waals surface area contributed by atoms with Crippen LogP contribution in [0.15, 0.2) is 12.1 Å².